The maximum atomic E-state index is 11.6. The molecule has 0 saturated carbocycles. The van der Waals surface area contributed by atoms with Crippen molar-refractivity contribution in [2.45, 2.75) is 0 Å². The molecule has 0 radical (unpaired) electrons. The number of thioether (sulfide) groups is 1. The van der Waals surface area contributed by atoms with Crippen LogP contribution >= 0.6 is 35.6 Å². The molecule has 1 aliphatic rings. The summed E-state index contributed by atoms with van der Waals surface area (Å²) in [6, 6.07) is 3.44. The van der Waals surface area contributed by atoms with Crippen molar-refractivity contribution in [2.75, 3.05) is 14.2 Å². The van der Waals surface area contributed by atoms with Crippen molar-refractivity contribution in [3.8, 4) is 11.5 Å². The fraction of sp³-hybridized carbons (Fsp3) is 0.167. The standard InChI is InChI=1S/C12H10ClNO3S2/c1-16-8-4-6(3-7(13)10(8)17-2)5-9-11(15)14-12(18)19-9/h3-5H,1-2H3,(H,14,15,18)/b9-5+. The number of carbonyl (C=O) groups is 1. The molecule has 7 heteroatoms. The lowest BCUT2D eigenvalue weighted by Crippen LogP contribution is -2.17. The highest BCUT2D eigenvalue weighted by molar-refractivity contribution is 8.26. The van der Waals surface area contributed by atoms with Gasteiger partial charge in [-0.15, -0.1) is 0 Å². The molecular weight excluding hydrogens is 306 g/mol. The van der Waals surface area contributed by atoms with E-state index in [1.807, 2.05) is 0 Å². The van der Waals surface area contributed by atoms with E-state index in [0.717, 1.165) is 5.56 Å². The van der Waals surface area contributed by atoms with Crippen molar-refractivity contribution >= 4 is 51.9 Å². The highest BCUT2D eigenvalue weighted by atomic mass is 35.5. The van der Waals surface area contributed by atoms with E-state index in [-0.39, 0.29) is 5.91 Å². The van der Waals surface area contributed by atoms with E-state index in [4.69, 9.17) is 33.3 Å². The van der Waals surface area contributed by atoms with E-state index < -0.39 is 0 Å². The van der Waals surface area contributed by atoms with Gasteiger partial charge in [0.25, 0.3) is 5.91 Å². The predicted molar refractivity (Wildman–Crippen MR) is 80.9 cm³/mol. The molecule has 1 amide bonds. The van der Waals surface area contributed by atoms with E-state index in [9.17, 15) is 4.79 Å². The van der Waals surface area contributed by atoms with E-state index in [0.29, 0.717) is 25.7 Å². The van der Waals surface area contributed by atoms with E-state index in [1.165, 1.54) is 26.0 Å². The van der Waals surface area contributed by atoms with Crippen LogP contribution in [0.3, 0.4) is 0 Å². The fourth-order valence-electron chi connectivity index (χ4n) is 1.59. The molecule has 1 saturated heterocycles. The Kier molecular flexibility index (Phi) is 4.34. The second kappa shape index (κ2) is 5.81. The minimum Gasteiger partial charge on any atom is -0.493 e. The number of carbonyl (C=O) groups excluding carboxylic acids is 1. The third-order valence-electron chi connectivity index (χ3n) is 2.40. The summed E-state index contributed by atoms with van der Waals surface area (Å²) in [5.74, 6) is 0.763. The van der Waals surface area contributed by atoms with Gasteiger partial charge in [-0.3, -0.25) is 4.79 Å². The van der Waals surface area contributed by atoms with Crippen LogP contribution in [0, 0.1) is 0 Å². The number of thiocarbonyl (C=S) groups is 1. The lowest BCUT2D eigenvalue weighted by Gasteiger charge is -2.10. The van der Waals surface area contributed by atoms with Crippen LogP contribution in [0.25, 0.3) is 6.08 Å². The molecule has 1 fully saturated rings. The minimum atomic E-state index is -0.207. The SMILES string of the molecule is COc1cc(/C=C2/SC(=S)NC2=O)cc(Cl)c1OC. The van der Waals surface area contributed by atoms with Gasteiger partial charge in [0.15, 0.2) is 11.5 Å². The Labute approximate surface area is 125 Å². The third-order valence-corrected chi connectivity index (χ3v) is 3.84. The smallest absolute Gasteiger partial charge is 0.263 e. The van der Waals surface area contributed by atoms with Gasteiger partial charge in [0.2, 0.25) is 0 Å². The average Bonchev–Trinajstić information content (AvgIpc) is 2.67. The quantitative estimate of drug-likeness (QED) is 0.686. The average molecular weight is 316 g/mol. The van der Waals surface area contributed by atoms with Crippen LogP contribution in [-0.4, -0.2) is 24.4 Å². The summed E-state index contributed by atoms with van der Waals surface area (Å²) >= 11 is 12.2. The number of benzene rings is 1. The Bertz CT molecular complexity index is 587. The first-order chi connectivity index (χ1) is 9.05. The van der Waals surface area contributed by atoms with Gasteiger partial charge in [-0.05, 0) is 23.8 Å². The number of hydrogen-bond donors (Lipinski definition) is 1. The second-order valence-corrected chi connectivity index (χ2v) is 5.72. The first-order valence-corrected chi connectivity index (χ1v) is 6.81. The molecule has 0 unspecified atom stereocenters. The Hall–Kier alpha value is -1.24. The molecule has 19 heavy (non-hydrogen) atoms. The van der Waals surface area contributed by atoms with E-state index >= 15 is 0 Å². The fourth-order valence-corrected chi connectivity index (χ4v) is 2.93. The molecule has 1 aliphatic heterocycles. The number of methoxy groups -OCH3 is 2. The molecule has 100 valence electrons. The topological polar surface area (TPSA) is 47.6 Å². The molecule has 0 aliphatic carbocycles. The van der Waals surface area contributed by atoms with Gasteiger partial charge in [-0.1, -0.05) is 35.6 Å². The number of ether oxygens (including phenoxy) is 2. The normalized spacial score (nSPS) is 16.7. The molecule has 1 aromatic carbocycles. The van der Waals surface area contributed by atoms with Gasteiger partial charge in [0.1, 0.15) is 4.32 Å². The number of rotatable bonds is 3. The largest absolute Gasteiger partial charge is 0.493 e. The molecule has 0 atom stereocenters. The molecule has 0 spiro atoms. The lowest BCUT2D eigenvalue weighted by molar-refractivity contribution is -0.115. The van der Waals surface area contributed by atoms with Crippen LogP contribution < -0.4 is 14.8 Å². The van der Waals surface area contributed by atoms with Gasteiger partial charge < -0.3 is 14.8 Å². The zero-order chi connectivity index (χ0) is 14.0. The van der Waals surface area contributed by atoms with Crippen molar-refractivity contribution in [3.63, 3.8) is 0 Å². The number of nitrogens with one attached hydrogen (secondary N) is 1. The zero-order valence-electron chi connectivity index (χ0n) is 10.2. The van der Waals surface area contributed by atoms with Crippen LogP contribution in [0.2, 0.25) is 5.02 Å². The Morgan fingerprint density at radius 2 is 2.11 bits per heavy atom. The van der Waals surface area contributed by atoms with Crippen molar-refractivity contribution in [2.24, 2.45) is 0 Å². The van der Waals surface area contributed by atoms with Crippen LogP contribution in [-0.2, 0) is 4.79 Å². The maximum absolute atomic E-state index is 11.6. The summed E-state index contributed by atoms with van der Waals surface area (Å²) in [5, 5.41) is 2.97. The number of amides is 1. The highest BCUT2D eigenvalue weighted by Gasteiger charge is 2.22. The minimum absolute atomic E-state index is 0.207. The molecule has 1 aromatic rings. The Morgan fingerprint density at radius 3 is 2.63 bits per heavy atom. The molecule has 0 bridgehead atoms. The maximum Gasteiger partial charge on any atom is 0.263 e. The summed E-state index contributed by atoms with van der Waals surface area (Å²) in [7, 11) is 3.04. The first kappa shape index (κ1) is 14.2. The van der Waals surface area contributed by atoms with Crippen molar-refractivity contribution in [1.29, 1.82) is 0 Å². The number of halogens is 1. The Morgan fingerprint density at radius 1 is 1.37 bits per heavy atom. The molecule has 2 rings (SSSR count). The summed E-state index contributed by atoms with van der Waals surface area (Å²) in [6.45, 7) is 0. The summed E-state index contributed by atoms with van der Waals surface area (Å²) in [5.41, 5.74) is 0.741. The van der Waals surface area contributed by atoms with Crippen molar-refractivity contribution in [1.82, 2.24) is 5.32 Å². The molecule has 0 aromatic heterocycles. The van der Waals surface area contributed by atoms with Crippen molar-refractivity contribution in [3.05, 3.63) is 27.6 Å². The van der Waals surface area contributed by atoms with Crippen LogP contribution in [0.5, 0.6) is 11.5 Å². The summed E-state index contributed by atoms with van der Waals surface area (Å²) in [6.07, 6.45) is 1.70. The second-order valence-electron chi connectivity index (χ2n) is 3.59. The van der Waals surface area contributed by atoms with Gasteiger partial charge in [0.05, 0.1) is 24.1 Å². The molecule has 1 heterocycles. The zero-order valence-corrected chi connectivity index (χ0v) is 12.5. The van der Waals surface area contributed by atoms with Gasteiger partial charge >= 0.3 is 0 Å². The van der Waals surface area contributed by atoms with E-state index in [1.54, 1.807) is 18.2 Å². The van der Waals surface area contributed by atoms with Gasteiger partial charge in [0, 0.05) is 0 Å². The van der Waals surface area contributed by atoms with Gasteiger partial charge in [-0.2, -0.15) is 0 Å². The first-order valence-electron chi connectivity index (χ1n) is 5.21. The molecule has 1 N–H and O–H groups in total. The molecule has 4 nitrogen and oxygen atoms in total. The van der Waals surface area contributed by atoms with Gasteiger partial charge in [-0.25, -0.2) is 0 Å². The monoisotopic (exact) mass is 315 g/mol. The summed E-state index contributed by atoms with van der Waals surface area (Å²) in [4.78, 5) is 12.1. The summed E-state index contributed by atoms with van der Waals surface area (Å²) < 4.78 is 10.8. The lowest BCUT2D eigenvalue weighted by atomic mass is 10.2. The predicted octanol–water partition coefficient (Wildman–Crippen LogP) is 2.85. The van der Waals surface area contributed by atoms with Crippen molar-refractivity contribution < 1.29 is 14.3 Å². The van der Waals surface area contributed by atoms with Crippen LogP contribution in [0.4, 0.5) is 0 Å². The van der Waals surface area contributed by atoms with Crippen LogP contribution in [0.1, 0.15) is 5.56 Å². The van der Waals surface area contributed by atoms with E-state index in [2.05, 4.69) is 5.32 Å². The Balaban J connectivity index is 2.42. The number of hydrogen-bond acceptors (Lipinski definition) is 5. The molecular formula is C12H10ClNO3S2. The van der Waals surface area contributed by atoms with Crippen LogP contribution in [0.15, 0.2) is 17.0 Å². The third kappa shape index (κ3) is 3.02. The highest BCUT2D eigenvalue weighted by Crippen LogP contribution is 2.37.